The van der Waals surface area contributed by atoms with Crippen LogP contribution < -0.4 is 5.32 Å². The van der Waals surface area contributed by atoms with Gasteiger partial charge in [0, 0.05) is 20.2 Å². The molecule has 0 radical (unpaired) electrons. The van der Waals surface area contributed by atoms with E-state index in [0.717, 1.165) is 11.0 Å². The van der Waals surface area contributed by atoms with E-state index in [1.807, 2.05) is 11.8 Å². The number of benzene rings is 1. The zero-order valence-electron chi connectivity index (χ0n) is 12.0. The highest BCUT2D eigenvalue weighted by atomic mass is 79.9. The number of halogens is 1. The summed E-state index contributed by atoms with van der Waals surface area (Å²) in [5.41, 5.74) is 1.39. The largest absolute Gasteiger partial charge is 0.310 e. The summed E-state index contributed by atoms with van der Waals surface area (Å²) in [7, 11) is 0. The zero-order chi connectivity index (χ0) is 13.8. The Labute approximate surface area is 124 Å². The molecule has 1 unspecified atom stereocenters. The molecular weight excluding hydrogens is 306 g/mol. The highest BCUT2D eigenvalue weighted by molar-refractivity contribution is 9.10. The van der Waals surface area contributed by atoms with Crippen molar-refractivity contribution in [3.63, 3.8) is 0 Å². The molecular formula is C15H24BrNS. The summed E-state index contributed by atoms with van der Waals surface area (Å²) in [6, 6.07) is 7.00. The van der Waals surface area contributed by atoms with Crippen molar-refractivity contribution in [3.05, 3.63) is 28.2 Å². The molecule has 0 spiro atoms. The standard InChI is InChI=1S/C15H24BrNS/c1-6-9-17-11(2)13-8-7-12(16)10-14(13)18-15(3,4)5/h7-8,10-11,17H,6,9H2,1-5H3. The molecule has 0 saturated carbocycles. The fourth-order valence-electron chi connectivity index (χ4n) is 1.75. The molecule has 1 atom stereocenters. The molecule has 1 N–H and O–H groups in total. The predicted molar refractivity (Wildman–Crippen MR) is 86.5 cm³/mol. The highest BCUT2D eigenvalue weighted by Crippen LogP contribution is 2.37. The van der Waals surface area contributed by atoms with Gasteiger partial charge in [0.15, 0.2) is 0 Å². The van der Waals surface area contributed by atoms with Crippen molar-refractivity contribution in [3.8, 4) is 0 Å². The Hall–Kier alpha value is 0.01000. The molecule has 0 aromatic heterocycles. The van der Waals surface area contributed by atoms with Gasteiger partial charge in [0.25, 0.3) is 0 Å². The molecule has 102 valence electrons. The molecule has 0 fully saturated rings. The van der Waals surface area contributed by atoms with Crippen LogP contribution in [0.25, 0.3) is 0 Å². The number of hydrogen-bond acceptors (Lipinski definition) is 2. The van der Waals surface area contributed by atoms with Gasteiger partial charge in [0.1, 0.15) is 0 Å². The Morgan fingerprint density at radius 1 is 1.33 bits per heavy atom. The smallest absolute Gasteiger partial charge is 0.0302 e. The first-order chi connectivity index (χ1) is 8.33. The fourth-order valence-corrected chi connectivity index (χ4v) is 3.48. The summed E-state index contributed by atoms with van der Waals surface area (Å²) in [5, 5.41) is 3.57. The van der Waals surface area contributed by atoms with Gasteiger partial charge in [-0.1, -0.05) is 49.7 Å². The van der Waals surface area contributed by atoms with Crippen LogP contribution in [0.3, 0.4) is 0 Å². The molecule has 0 aliphatic heterocycles. The highest BCUT2D eigenvalue weighted by Gasteiger charge is 2.17. The van der Waals surface area contributed by atoms with E-state index in [4.69, 9.17) is 0 Å². The molecule has 0 bridgehead atoms. The summed E-state index contributed by atoms with van der Waals surface area (Å²) >= 11 is 5.51. The fraction of sp³-hybridized carbons (Fsp3) is 0.600. The van der Waals surface area contributed by atoms with E-state index in [-0.39, 0.29) is 4.75 Å². The van der Waals surface area contributed by atoms with Gasteiger partial charge in [-0.15, -0.1) is 11.8 Å². The molecule has 1 nitrogen and oxygen atoms in total. The molecule has 1 rings (SSSR count). The van der Waals surface area contributed by atoms with E-state index >= 15 is 0 Å². The number of rotatable bonds is 5. The number of hydrogen-bond donors (Lipinski definition) is 1. The second-order valence-corrected chi connectivity index (χ2v) is 8.36. The van der Waals surface area contributed by atoms with E-state index in [9.17, 15) is 0 Å². The van der Waals surface area contributed by atoms with Gasteiger partial charge >= 0.3 is 0 Å². The van der Waals surface area contributed by atoms with Crippen molar-refractivity contribution in [1.82, 2.24) is 5.32 Å². The van der Waals surface area contributed by atoms with E-state index in [2.05, 4.69) is 74.1 Å². The average Bonchev–Trinajstić information content (AvgIpc) is 2.23. The van der Waals surface area contributed by atoms with Gasteiger partial charge in [0.05, 0.1) is 0 Å². The normalized spacial score (nSPS) is 13.7. The van der Waals surface area contributed by atoms with Crippen LogP contribution in [0.1, 0.15) is 52.6 Å². The molecule has 1 aromatic rings. The summed E-state index contributed by atoms with van der Waals surface area (Å²) in [6.07, 6.45) is 1.17. The first-order valence-corrected chi connectivity index (χ1v) is 8.16. The lowest BCUT2D eigenvalue weighted by molar-refractivity contribution is 0.563. The van der Waals surface area contributed by atoms with Crippen molar-refractivity contribution >= 4 is 27.7 Å². The minimum atomic E-state index is 0.236. The lowest BCUT2D eigenvalue weighted by Gasteiger charge is -2.23. The molecule has 0 aliphatic carbocycles. The van der Waals surface area contributed by atoms with Crippen LogP contribution in [0.2, 0.25) is 0 Å². The Morgan fingerprint density at radius 2 is 2.00 bits per heavy atom. The molecule has 18 heavy (non-hydrogen) atoms. The van der Waals surface area contributed by atoms with Gasteiger partial charge in [0.2, 0.25) is 0 Å². The lowest BCUT2D eigenvalue weighted by atomic mass is 10.1. The minimum absolute atomic E-state index is 0.236. The van der Waals surface area contributed by atoms with E-state index in [0.29, 0.717) is 6.04 Å². The number of nitrogens with one attached hydrogen (secondary N) is 1. The summed E-state index contributed by atoms with van der Waals surface area (Å²) in [4.78, 5) is 1.37. The Morgan fingerprint density at radius 3 is 2.56 bits per heavy atom. The van der Waals surface area contributed by atoms with Crippen LogP contribution >= 0.6 is 27.7 Å². The third-order valence-corrected chi connectivity index (χ3v) is 4.24. The van der Waals surface area contributed by atoms with Crippen LogP contribution in [-0.4, -0.2) is 11.3 Å². The predicted octanol–water partition coefficient (Wildman–Crippen LogP) is 5.40. The van der Waals surface area contributed by atoms with Crippen molar-refractivity contribution in [2.75, 3.05) is 6.54 Å². The van der Waals surface area contributed by atoms with Crippen molar-refractivity contribution in [2.45, 2.75) is 56.7 Å². The molecule has 3 heteroatoms. The van der Waals surface area contributed by atoms with Gasteiger partial charge in [-0.05, 0) is 37.6 Å². The van der Waals surface area contributed by atoms with E-state index in [1.165, 1.54) is 16.9 Å². The Kier molecular flexibility index (Phi) is 6.22. The zero-order valence-corrected chi connectivity index (χ0v) is 14.4. The van der Waals surface area contributed by atoms with Gasteiger partial charge < -0.3 is 5.32 Å². The summed E-state index contributed by atoms with van der Waals surface area (Å²) in [6.45, 7) is 12.3. The van der Waals surface area contributed by atoms with E-state index < -0.39 is 0 Å². The lowest BCUT2D eigenvalue weighted by Crippen LogP contribution is -2.20. The summed E-state index contributed by atoms with van der Waals surface area (Å²) < 4.78 is 1.39. The maximum atomic E-state index is 3.57. The van der Waals surface area contributed by atoms with E-state index in [1.54, 1.807) is 0 Å². The Balaban J connectivity index is 2.95. The second kappa shape index (κ2) is 6.97. The first-order valence-electron chi connectivity index (χ1n) is 6.55. The maximum Gasteiger partial charge on any atom is 0.0302 e. The monoisotopic (exact) mass is 329 g/mol. The van der Waals surface area contributed by atoms with Crippen LogP contribution in [0.4, 0.5) is 0 Å². The third-order valence-electron chi connectivity index (χ3n) is 2.56. The minimum Gasteiger partial charge on any atom is -0.310 e. The van der Waals surface area contributed by atoms with Crippen LogP contribution in [0.15, 0.2) is 27.6 Å². The first kappa shape index (κ1) is 16.1. The SMILES string of the molecule is CCCNC(C)c1ccc(Br)cc1SC(C)(C)C. The summed E-state index contributed by atoms with van der Waals surface area (Å²) in [5.74, 6) is 0. The molecule has 0 heterocycles. The Bertz CT molecular complexity index is 385. The average molecular weight is 330 g/mol. The second-order valence-electron chi connectivity index (χ2n) is 5.57. The molecule has 0 aliphatic rings. The van der Waals surface area contributed by atoms with Crippen LogP contribution in [0.5, 0.6) is 0 Å². The van der Waals surface area contributed by atoms with Gasteiger partial charge in [-0.25, -0.2) is 0 Å². The third kappa shape index (κ3) is 5.33. The van der Waals surface area contributed by atoms with Crippen molar-refractivity contribution in [1.29, 1.82) is 0 Å². The number of thioether (sulfide) groups is 1. The van der Waals surface area contributed by atoms with Gasteiger partial charge in [-0.3, -0.25) is 0 Å². The quantitative estimate of drug-likeness (QED) is 0.726. The van der Waals surface area contributed by atoms with Gasteiger partial charge in [-0.2, -0.15) is 0 Å². The maximum absolute atomic E-state index is 3.57. The van der Waals surface area contributed by atoms with Crippen LogP contribution in [-0.2, 0) is 0 Å². The van der Waals surface area contributed by atoms with Crippen molar-refractivity contribution < 1.29 is 0 Å². The molecule has 0 saturated heterocycles. The van der Waals surface area contributed by atoms with Crippen molar-refractivity contribution in [2.24, 2.45) is 0 Å². The van der Waals surface area contributed by atoms with Crippen LogP contribution in [0, 0.1) is 0 Å². The molecule has 0 amide bonds. The molecule has 1 aromatic carbocycles. The topological polar surface area (TPSA) is 12.0 Å².